The summed E-state index contributed by atoms with van der Waals surface area (Å²) < 4.78 is 0. The predicted molar refractivity (Wildman–Crippen MR) is 93.8 cm³/mol. The topological polar surface area (TPSA) is 29.3 Å². The Labute approximate surface area is 135 Å². The van der Waals surface area contributed by atoms with Crippen LogP contribution in [0.25, 0.3) is 0 Å². The van der Waals surface area contributed by atoms with E-state index in [1.165, 1.54) is 5.56 Å². The highest BCUT2D eigenvalue weighted by molar-refractivity contribution is 6.30. The lowest BCUT2D eigenvalue weighted by Gasteiger charge is -2.41. The van der Waals surface area contributed by atoms with Gasteiger partial charge in [-0.15, -0.1) is 0 Å². The maximum Gasteiger partial charge on any atom is 0.0500 e. The summed E-state index contributed by atoms with van der Waals surface area (Å²) in [6, 6.07) is 9.00. The van der Waals surface area contributed by atoms with Crippen molar-refractivity contribution < 1.29 is 0 Å². The maximum absolute atomic E-state index is 6.36. The molecule has 0 saturated heterocycles. The Hall–Kier alpha value is -0.570. The molecule has 0 fully saturated rings. The number of benzene rings is 1. The van der Waals surface area contributed by atoms with E-state index in [9.17, 15) is 0 Å². The van der Waals surface area contributed by atoms with Crippen molar-refractivity contribution in [2.24, 2.45) is 11.7 Å². The molecule has 0 aliphatic rings. The van der Waals surface area contributed by atoms with Crippen molar-refractivity contribution in [3.05, 3.63) is 34.9 Å². The maximum atomic E-state index is 6.36. The van der Waals surface area contributed by atoms with Gasteiger partial charge in [-0.25, -0.2) is 0 Å². The van der Waals surface area contributed by atoms with E-state index in [4.69, 9.17) is 17.3 Å². The second kappa shape index (κ2) is 8.77. The summed E-state index contributed by atoms with van der Waals surface area (Å²) >= 11 is 6.19. The van der Waals surface area contributed by atoms with Crippen LogP contribution in [-0.2, 0) is 0 Å². The Balaban J connectivity index is 3.18. The molecule has 2 nitrogen and oxygen atoms in total. The molecule has 0 bridgehead atoms. The van der Waals surface area contributed by atoms with Gasteiger partial charge in [-0.3, -0.25) is 4.90 Å². The Morgan fingerprint density at radius 3 is 2.19 bits per heavy atom. The van der Waals surface area contributed by atoms with Crippen molar-refractivity contribution >= 4 is 11.6 Å². The first-order valence-corrected chi connectivity index (χ1v) is 8.55. The van der Waals surface area contributed by atoms with Gasteiger partial charge < -0.3 is 5.73 Å². The quantitative estimate of drug-likeness (QED) is 0.742. The van der Waals surface area contributed by atoms with E-state index >= 15 is 0 Å². The van der Waals surface area contributed by atoms with Crippen LogP contribution in [0.5, 0.6) is 0 Å². The largest absolute Gasteiger partial charge is 0.326 e. The highest BCUT2D eigenvalue weighted by Gasteiger charge is 2.29. The van der Waals surface area contributed by atoms with E-state index in [0.717, 1.165) is 24.4 Å². The van der Waals surface area contributed by atoms with E-state index in [1.54, 1.807) is 0 Å². The molecular formula is C18H31ClN2. The third-order valence-corrected chi connectivity index (χ3v) is 4.27. The van der Waals surface area contributed by atoms with Gasteiger partial charge in [0.15, 0.2) is 0 Å². The molecule has 1 rings (SSSR count). The fraction of sp³-hybridized carbons (Fsp3) is 0.667. The van der Waals surface area contributed by atoms with Crippen molar-refractivity contribution in [3.63, 3.8) is 0 Å². The molecule has 0 aliphatic heterocycles. The third kappa shape index (κ3) is 5.28. The molecule has 2 N–H and O–H groups in total. The number of rotatable bonds is 8. The number of hydrogen-bond acceptors (Lipinski definition) is 2. The molecule has 2 unspecified atom stereocenters. The summed E-state index contributed by atoms with van der Waals surface area (Å²) in [5, 5.41) is 0.784. The molecule has 120 valence electrons. The zero-order valence-electron chi connectivity index (χ0n) is 14.1. The van der Waals surface area contributed by atoms with Crippen LogP contribution in [0.1, 0.15) is 59.1 Å². The van der Waals surface area contributed by atoms with Gasteiger partial charge in [-0.05, 0) is 43.4 Å². The minimum atomic E-state index is 0.0721. The van der Waals surface area contributed by atoms with Crippen molar-refractivity contribution in [1.82, 2.24) is 4.90 Å². The smallest absolute Gasteiger partial charge is 0.0500 e. The fourth-order valence-electron chi connectivity index (χ4n) is 3.16. The molecule has 0 aliphatic carbocycles. The minimum absolute atomic E-state index is 0.0721. The van der Waals surface area contributed by atoms with Crippen LogP contribution < -0.4 is 5.73 Å². The second-order valence-corrected chi connectivity index (χ2v) is 6.86. The lowest BCUT2D eigenvalue weighted by molar-refractivity contribution is 0.0955. The number of nitrogens with zero attached hydrogens (tertiary/aromatic N) is 1. The van der Waals surface area contributed by atoms with Gasteiger partial charge in [0.2, 0.25) is 0 Å². The van der Waals surface area contributed by atoms with Crippen molar-refractivity contribution in [3.8, 4) is 0 Å². The third-order valence-electron chi connectivity index (χ3n) is 4.03. The molecule has 1 aromatic rings. The summed E-state index contributed by atoms with van der Waals surface area (Å²) in [7, 11) is 0. The van der Waals surface area contributed by atoms with Crippen molar-refractivity contribution in [1.29, 1.82) is 0 Å². The summed E-state index contributed by atoms with van der Waals surface area (Å²) in [4.78, 5) is 2.58. The first-order chi connectivity index (χ1) is 9.90. The van der Waals surface area contributed by atoms with Gasteiger partial charge >= 0.3 is 0 Å². The molecule has 2 atom stereocenters. The average molecular weight is 311 g/mol. The van der Waals surface area contributed by atoms with E-state index in [2.05, 4.69) is 51.7 Å². The minimum Gasteiger partial charge on any atom is -0.326 e. The molecule has 0 radical (unpaired) electrons. The van der Waals surface area contributed by atoms with Crippen LogP contribution >= 0.6 is 11.6 Å². The first kappa shape index (κ1) is 18.5. The standard InChI is InChI=1S/C18H31ClN2/c1-6-17(7-2)21(12-13(3)4)18(14(5)20)15-9-8-10-16(19)11-15/h8-11,13-14,17-18H,6-7,12,20H2,1-5H3. The Morgan fingerprint density at radius 2 is 1.76 bits per heavy atom. The molecule has 0 aromatic heterocycles. The Morgan fingerprint density at radius 1 is 1.14 bits per heavy atom. The number of halogens is 1. The predicted octanol–water partition coefficient (Wildman–Crippen LogP) is 4.87. The van der Waals surface area contributed by atoms with Crippen molar-refractivity contribution in [2.75, 3.05) is 6.54 Å². The lowest BCUT2D eigenvalue weighted by Crippen LogP contribution is -2.46. The lowest BCUT2D eigenvalue weighted by atomic mass is 9.94. The number of hydrogen-bond donors (Lipinski definition) is 1. The molecule has 0 heterocycles. The Kier molecular flexibility index (Phi) is 7.72. The molecule has 3 heteroatoms. The monoisotopic (exact) mass is 310 g/mol. The van der Waals surface area contributed by atoms with E-state index < -0.39 is 0 Å². The molecular weight excluding hydrogens is 280 g/mol. The molecule has 0 spiro atoms. The van der Waals surface area contributed by atoms with Crippen LogP contribution in [0.2, 0.25) is 5.02 Å². The van der Waals surface area contributed by atoms with E-state index in [1.807, 2.05) is 12.1 Å². The van der Waals surface area contributed by atoms with Gasteiger partial charge in [0, 0.05) is 29.7 Å². The summed E-state index contributed by atoms with van der Waals surface area (Å²) in [6.07, 6.45) is 2.29. The van der Waals surface area contributed by atoms with Crippen LogP contribution in [-0.4, -0.2) is 23.5 Å². The highest BCUT2D eigenvalue weighted by atomic mass is 35.5. The summed E-state index contributed by atoms with van der Waals surface area (Å²) in [5.41, 5.74) is 7.58. The molecule has 0 saturated carbocycles. The van der Waals surface area contributed by atoms with E-state index in [0.29, 0.717) is 12.0 Å². The van der Waals surface area contributed by atoms with Gasteiger partial charge in [-0.2, -0.15) is 0 Å². The van der Waals surface area contributed by atoms with Gasteiger partial charge in [0.25, 0.3) is 0 Å². The Bertz CT molecular complexity index is 413. The van der Waals surface area contributed by atoms with Crippen LogP contribution in [0.4, 0.5) is 0 Å². The van der Waals surface area contributed by atoms with Gasteiger partial charge in [-0.1, -0.05) is 51.4 Å². The number of nitrogens with two attached hydrogens (primary N) is 1. The fourth-order valence-corrected chi connectivity index (χ4v) is 3.36. The molecule has 0 amide bonds. The first-order valence-electron chi connectivity index (χ1n) is 8.17. The zero-order chi connectivity index (χ0) is 16.0. The average Bonchev–Trinajstić information content (AvgIpc) is 2.39. The van der Waals surface area contributed by atoms with Crippen molar-refractivity contribution in [2.45, 2.75) is 65.6 Å². The van der Waals surface area contributed by atoms with Crippen LogP contribution in [0.15, 0.2) is 24.3 Å². The zero-order valence-corrected chi connectivity index (χ0v) is 14.9. The summed E-state index contributed by atoms with van der Waals surface area (Å²) in [5.74, 6) is 0.617. The SMILES string of the molecule is CCC(CC)N(CC(C)C)C(c1cccc(Cl)c1)C(C)N. The van der Waals surface area contributed by atoms with E-state index in [-0.39, 0.29) is 12.1 Å². The van der Waals surface area contributed by atoms with Crippen LogP contribution in [0.3, 0.4) is 0 Å². The van der Waals surface area contributed by atoms with Crippen LogP contribution in [0, 0.1) is 5.92 Å². The van der Waals surface area contributed by atoms with Gasteiger partial charge in [0.05, 0.1) is 0 Å². The normalized spacial score (nSPS) is 15.0. The second-order valence-electron chi connectivity index (χ2n) is 6.42. The highest BCUT2D eigenvalue weighted by Crippen LogP contribution is 2.30. The molecule has 21 heavy (non-hydrogen) atoms. The molecule has 1 aromatic carbocycles. The van der Waals surface area contributed by atoms with Gasteiger partial charge in [0.1, 0.15) is 0 Å². The summed E-state index contributed by atoms with van der Waals surface area (Å²) in [6.45, 7) is 12.2.